The molecule has 2 aliphatic heterocycles. The topological polar surface area (TPSA) is 84.2 Å². The molecule has 3 heterocycles. The van der Waals surface area contributed by atoms with E-state index in [4.69, 9.17) is 4.52 Å². The maximum Gasteiger partial charge on any atom is 0.251 e. The number of amides is 1. The highest BCUT2D eigenvalue weighted by atomic mass is 32.2. The lowest BCUT2D eigenvalue weighted by Crippen LogP contribution is -2.42. The smallest absolute Gasteiger partial charge is 0.251 e. The molecule has 6 nitrogen and oxygen atoms in total. The zero-order valence-corrected chi connectivity index (χ0v) is 14.6. The van der Waals surface area contributed by atoms with Gasteiger partial charge in [0.1, 0.15) is 5.03 Å². The third-order valence-corrected chi connectivity index (χ3v) is 5.70. The van der Waals surface area contributed by atoms with Gasteiger partial charge in [-0.1, -0.05) is 16.9 Å². The maximum atomic E-state index is 12.4. The van der Waals surface area contributed by atoms with Crippen molar-refractivity contribution in [1.82, 2.24) is 15.8 Å². The first kappa shape index (κ1) is 16.4. The lowest BCUT2D eigenvalue weighted by molar-refractivity contribution is 0.0929. The van der Waals surface area contributed by atoms with E-state index < -0.39 is 0 Å². The number of hydrogen-bond acceptors (Lipinski definition) is 6. The standard InChI is InChI=1S/C18H19N3O3S/c1-10(22)16-9-17(21-24-16)25-13-5-2-11(3-6-13)18(23)20-15-8-12-4-7-14(15)19-12/h2-3,5-6,9,12,14-15,19H,4,7-8H2,1H3,(H,20,23)/t12-,14+,15-/m1/s1. The average Bonchev–Trinajstić information content (AvgIpc) is 3.32. The maximum absolute atomic E-state index is 12.4. The fraction of sp³-hybridized carbons (Fsp3) is 0.389. The Labute approximate surface area is 149 Å². The molecule has 1 aromatic carbocycles. The number of carbonyl (C=O) groups excluding carboxylic acids is 2. The summed E-state index contributed by atoms with van der Waals surface area (Å²) in [6.07, 6.45) is 3.39. The predicted molar refractivity (Wildman–Crippen MR) is 92.9 cm³/mol. The second-order valence-electron chi connectivity index (χ2n) is 6.58. The van der Waals surface area contributed by atoms with Gasteiger partial charge >= 0.3 is 0 Å². The van der Waals surface area contributed by atoms with Gasteiger partial charge in [-0.25, -0.2) is 0 Å². The molecule has 0 radical (unpaired) electrons. The number of hydrogen-bond donors (Lipinski definition) is 2. The van der Waals surface area contributed by atoms with Crippen molar-refractivity contribution in [3.8, 4) is 0 Å². The van der Waals surface area contributed by atoms with Gasteiger partial charge < -0.3 is 15.2 Å². The molecule has 2 aliphatic rings. The zero-order chi connectivity index (χ0) is 17.4. The monoisotopic (exact) mass is 357 g/mol. The van der Waals surface area contributed by atoms with Gasteiger partial charge in [0.05, 0.1) is 0 Å². The first-order valence-corrected chi connectivity index (χ1v) is 9.22. The van der Waals surface area contributed by atoms with Crippen molar-refractivity contribution in [2.24, 2.45) is 0 Å². The van der Waals surface area contributed by atoms with Crippen molar-refractivity contribution in [2.75, 3.05) is 0 Å². The van der Waals surface area contributed by atoms with Crippen molar-refractivity contribution in [1.29, 1.82) is 0 Å². The predicted octanol–water partition coefficient (Wildman–Crippen LogP) is 2.65. The van der Waals surface area contributed by atoms with Crippen molar-refractivity contribution in [3.05, 3.63) is 41.7 Å². The van der Waals surface area contributed by atoms with Gasteiger partial charge in [0.25, 0.3) is 5.91 Å². The average molecular weight is 357 g/mol. The van der Waals surface area contributed by atoms with Crippen LogP contribution in [0, 0.1) is 0 Å². The lowest BCUT2D eigenvalue weighted by atomic mass is 9.95. The van der Waals surface area contributed by atoms with Gasteiger partial charge in [0, 0.05) is 41.6 Å². The van der Waals surface area contributed by atoms with Gasteiger partial charge in [-0.05, 0) is 43.5 Å². The van der Waals surface area contributed by atoms with Gasteiger partial charge in [0.2, 0.25) is 5.76 Å². The molecule has 2 aromatic rings. The number of carbonyl (C=O) groups is 2. The van der Waals surface area contributed by atoms with Gasteiger partial charge in [-0.3, -0.25) is 9.59 Å². The van der Waals surface area contributed by atoms with E-state index in [-0.39, 0.29) is 23.5 Å². The lowest BCUT2D eigenvalue weighted by Gasteiger charge is -2.21. The van der Waals surface area contributed by atoms with Crippen LogP contribution in [0.4, 0.5) is 0 Å². The van der Waals surface area contributed by atoms with Crippen molar-refractivity contribution < 1.29 is 14.1 Å². The molecule has 7 heteroatoms. The number of Topliss-reactive ketones (excluding diaryl/α,β-unsaturated/α-hetero) is 1. The summed E-state index contributed by atoms with van der Waals surface area (Å²) < 4.78 is 4.97. The summed E-state index contributed by atoms with van der Waals surface area (Å²) in [4.78, 5) is 24.6. The molecule has 2 N–H and O–H groups in total. The number of ketones is 1. The van der Waals surface area contributed by atoms with Crippen molar-refractivity contribution in [3.63, 3.8) is 0 Å². The van der Waals surface area contributed by atoms with Gasteiger partial charge in [-0.2, -0.15) is 0 Å². The summed E-state index contributed by atoms with van der Waals surface area (Å²) in [6.45, 7) is 1.44. The Morgan fingerprint density at radius 1 is 1.28 bits per heavy atom. The van der Waals surface area contributed by atoms with Crippen molar-refractivity contribution >= 4 is 23.5 Å². The van der Waals surface area contributed by atoms with E-state index in [1.807, 2.05) is 24.3 Å². The van der Waals surface area contributed by atoms with Crippen LogP contribution in [0.5, 0.6) is 0 Å². The number of nitrogens with one attached hydrogen (secondary N) is 2. The Morgan fingerprint density at radius 3 is 2.68 bits per heavy atom. The fourth-order valence-corrected chi connectivity index (χ4v) is 4.26. The van der Waals surface area contributed by atoms with Gasteiger partial charge in [-0.15, -0.1) is 0 Å². The van der Waals surface area contributed by atoms with Crippen LogP contribution in [0.2, 0.25) is 0 Å². The minimum absolute atomic E-state index is 0.0313. The second-order valence-corrected chi connectivity index (χ2v) is 7.67. The van der Waals surface area contributed by atoms with Crippen LogP contribution < -0.4 is 10.6 Å². The third kappa shape index (κ3) is 3.48. The number of fused-ring (bicyclic) bond motifs is 2. The number of benzene rings is 1. The molecule has 0 spiro atoms. The number of nitrogens with zero attached hydrogens (tertiary/aromatic N) is 1. The highest BCUT2D eigenvalue weighted by molar-refractivity contribution is 7.99. The summed E-state index contributed by atoms with van der Waals surface area (Å²) in [6, 6.07) is 10.2. The van der Waals surface area contributed by atoms with Crippen LogP contribution in [0.1, 0.15) is 47.1 Å². The van der Waals surface area contributed by atoms with Crippen LogP contribution in [0.15, 0.2) is 44.8 Å². The summed E-state index contributed by atoms with van der Waals surface area (Å²) >= 11 is 1.39. The molecule has 0 unspecified atom stereocenters. The fourth-order valence-electron chi connectivity index (χ4n) is 3.50. The molecule has 0 saturated carbocycles. The highest BCUT2D eigenvalue weighted by Gasteiger charge is 2.39. The summed E-state index contributed by atoms with van der Waals surface area (Å²) in [7, 11) is 0. The molecule has 3 atom stereocenters. The summed E-state index contributed by atoms with van der Waals surface area (Å²) in [5, 5.41) is 11.1. The summed E-state index contributed by atoms with van der Waals surface area (Å²) in [5.74, 6) is 0.0654. The minimum Gasteiger partial charge on any atom is -0.352 e. The van der Waals surface area contributed by atoms with E-state index in [2.05, 4.69) is 15.8 Å². The molecule has 1 amide bonds. The Bertz CT molecular complexity index is 802. The zero-order valence-electron chi connectivity index (χ0n) is 13.8. The third-order valence-electron chi connectivity index (χ3n) is 4.79. The number of rotatable bonds is 5. The van der Waals surface area contributed by atoms with Crippen LogP contribution in [0.3, 0.4) is 0 Å². The number of aromatic nitrogens is 1. The molecule has 2 bridgehead atoms. The molecule has 1 aromatic heterocycles. The molecule has 4 rings (SSSR count). The van der Waals surface area contributed by atoms with Crippen LogP contribution in [-0.2, 0) is 0 Å². The highest BCUT2D eigenvalue weighted by Crippen LogP contribution is 2.29. The van der Waals surface area contributed by atoms with E-state index in [1.165, 1.54) is 25.1 Å². The van der Waals surface area contributed by atoms with E-state index in [0.29, 0.717) is 22.7 Å². The normalized spacial score (nSPS) is 24.4. The first-order chi connectivity index (χ1) is 12.1. The minimum atomic E-state index is -0.151. The molecular formula is C18H19N3O3S. The molecule has 25 heavy (non-hydrogen) atoms. The van der Waals surface area contributed by atoms with E-state index in [1.54, 1.807) is 6.07 Å². The molecule has 2 fully saturated rings. The SMILES string of the molecule is CC(=O)c1cc(Sc2ccc(C(=O)N[C@@H]3C[C@H]4CC[C@@H]3N4)cc2)no1. The Balaban J connectivity index is 1.37. The van der Waals surface area contributed by atoms with E-state index >= 15 is 0 Å². The Kier molecular flexibility index (Phi) is 4.35. The Morgan fingerprint density at radius 2 is 2.08 bits per heavy atom. The molecular weight excluding hydrogens is 338 g/mol. The first-order valence-electron chi connectivity index (χ1n) is 8.41. The van der Waals surface area contributed by atoms with Gasteiger partial charge in [0.15, 0.2) is 5.78 Å². The quantitative estimate of drug-likeness (QED) is 0.801. The second kappa shape index (κ2) is 6.65. The molecule has 130 valence electrons. The van der Waals surface area contributed by atoms with Crippen LogP contribution >= 0.6 is 11.8 Å². The van der Waals surface area contributed by atoms with Crippen molar-refractivity contribution in [2.45, 2.75) is 54.2 Å². The molecule has 2 saturated heterocycles. The van der Waals surface area contributed by atoms with E-state index in [9.17, 15) is 9.59 Å². The summed E-state index contributed by atoms with van der Waals surface area (Å²) in [5.41, 5.74) is 0.650. The molecule has 0 aliphatic carbocycles. The van der Waals surface area contributed by atoms with E-state index in [0.717, 1.165) is 17.7 Å². The Hall–Kier alpha value is -2.12. The van der Waals surface area contributed by atoms with Crippen LogP contribution in [0.25, 0.3) is 0 Å². The largest absolute Gasteiger partial charge is 0.352 e. The van der Waals surface area contributed by atoms with Crippen LogP contribution in [-0.4, -0.2) is 35.0 Å².